The molecule has 0 spiro atoms. The average Bonchev–Trinajstić information content (AvgIpc) is 2.59. The molecular weight excluding hydrogens is 272 g/mol. The van der Waals surface area contributed by atoms with Crippen LogP contribution in [0.5, 0.6) is 0 Å². The minimum Gasteiger partial charge on any atom is -0.411 e. The van der Waals surface area contributed by atoms with Gasteiger partial charge < -0.3 is 4.43 Å². The lowest BCUT2D eigenvalue weighted by atomic mass is 9.80. The van der Waals surface area contributed by atoms with Crippen molar-refractivity contribution in [1.82, 2.24) is 0 Å². The molecule has 0 atom stereocenters. The average molecular weight is 290 g/mol. The highest BCUT2D eigenvalue weighted by Gasteiger charge is 2.35. The summed E-state index contributed by atoms with van der Waals surface area (Å²) in [5, 5.41) is 0. The molecule has 0 unspecified atom stereocenters. The van der Waals surface area contributed by atoms with Crippen molar-refractivity contribution in [3.63, 3.8) is 0 Å². The zero-order valence-corrected chi connectivity index (χ0v) is 14.1. The van der Waals surface area contributed by atoms with Gasteiger partial charge in [0.05, 0.1) is 0 Å². The van der Waals surface area contributed by atoms with Gasteiger partial charge in [-0.2, -0.15) is 0 Å². The van der Waals surface area contributed by atoms with Gasteiger partial charge in [-0.25, -0.2) is 0 Å². The lowest BCUT2D eigenvalue weighted by Crippen LogP contribution is -2.32. The summed E-state index contributed by atoms with van der Waals surface area (Å²) >= 11 is 0. The topological polar surface area (TPSA) is 9.23 Å². The van der Waals surface area contributed by atoms with Gasteiger partial charge in [0, 0.05) is 0 Å². The van der Waals surface area contributed by atoms with E-state index >= 15 is 0 Å². The van der Waals surface area contributed by atoms with Gasteiger partial charge in [-0.05, 0) is 16.7 Å². The maximum absolute atomic E-state index is 6.24. The molecule has 3 aromatic carbocycles. The maximum atomic E-state index is 6.24. The number of hydrogen-bond donors (Lipinski definition) is 0. The van der Waals surface area contributed by atoms with Gasteiger partial charge in [0.15, 0.2) is 0 Å². The molecule has 0 heterocycles. The van der Waals surface area contributed by atoms with E-state index in [1.54, 1.807) is 0 Å². The van der Waals surface area contributed by atoms with Crippen molar-refractivity contribution in [3.8, 4) is 0 Å². The Hall–Kier alpha value is -2.16. The molecule has 0 N–H and O–H groups in total. The van der Waals surface area contributed by atoms with E-state index in [0.717, 1.165) is 16.7 Å². The van der Waals surface area contributed by atoms with Crippen molar-refractivity contribution < 1.29 is 4.43 Å². The highest BCUT2D eigenvalue weighted by atomic mass is 28.2. The number of hydrogen-bond acceptors (Lipinski definition) is 1. The largest absolute Gasteiger partial charge is 0.411 e. The minimum absolute atomic E-state index is 0.518. The Morgan fingerprint density at radius 3 is 1.05 bits per heavy atom. The Morgan fingerprint density at radius 2 is 0.810 bits per heavy atom. The van der Waals surface area contributed by atoms with Crippen LogP contribution in [0.15, 0.2) is 91.0 Å². The zero-order chi connectivity index (χ0) is 14.5. The van der Waals surface area contributed by atoms with E-state index in [9.17, 15) is 0 Å². The summed E-state index contributed by atoms with van der Waals surface area (Å²) < 4.78 is 6.24. The molecule has 3 rings (SSSR count). The van der Waals surface area contributed by atoms with E-state index in [1.165, 1.54) is 0 Å². The first-order valence-corrected chi connectivity index (χ1v) is 7.91. The van der Waals surface area contributed by atoms with Crippen molar-refractivity contribution in [2.45, 2.75) is 5.60 Å². The molecule has 0 fully saturated rings. The molecule has 0 aliphatic carbocycles. The van der Waals surface area contributed by atoms with Crippen LogP contribution in [0.2, 0.25) is 0 Å². The van der Waals surface area contributed by atoms with Crippen LogP contribution in [0.3, 0.4) is 0 Å². The molecule has 1 nitrogen and oxygen atoms in total. The monoisotopic (exact) mass is 290 g/mol. The smallest absolute Gasteiger partial charge is 0.148 e. The SMILES string of the molecule is [SiH3]OC(c1ccccc1)(c1ccccc1)c1ccccc1. The summed E-state index contributed by atoms with van der Waals surface area (Å²) in [6.45, 7) is 0. The fraction of sp³-hybridized carbons (Fsp3) is 0.0526. The predicted octanol–water partition coefficient (Wildman–Crippen LogP) is 3.28. The number of benzene rings is 3. The Labute approximate surface area is 128 Å². The molecule has 0 radical (unpaired) electrons. The van der Waals surface area contributed by atoms with Gasteiger partial charge in [0.1, 0.15) is 16.1 Å². The van der Waals surface area contributed by atoms with E-state index in [1.807, 2.05) is 18.2 Å². The molecule has 0 aliphatic rings. The van der Waals surface area contributed by atoms with E-state index in [-0.39, 0.29) is 0 Å². The fourth-order valence-corrected chi connectivity index (χ4v) is 3.58. The summed E-state index contributed by atoms with van der Waals surface area (Å²) in [5.41, 5.74) is 2.97. The molecule has 0 aliphatic heterocycles. The molecule has 104 valence electrons. The van der Waals surface area contributed by atoms with Crippen LogP contribution in [0, 0.1) is 0 Å². The van der Waals surface area contributed by atoms with E-state index in [2.05, 4.69) is 72.8 Å². The molecule has 0 amide bonds. The van der Waals surface area contributed by atoms with Gasteiger partial charge in [-0.15, -0.1) is 0 Å². The second-order valence-electron chi connectivity index (χ2n) is 4.98. The van der Waals surface area contributed by atoms with E-state index in [0.29, 0.717) is 10.5 Å². The third-order valence-electron chi connectivity index (χ3n) is 3.85. The Bertz CT molecular complexity index is 584. The zero-order valence-electron chi connectivity index (χ0n) is 12.1. The van der Waals surface area contributed by atoms with Crippen molar-refractivity contribution >= 4 is 10.5 Å². The third kappa shape index (κ3) is 2.44. The predicted molar refractivity (Wildman–Crippen MR) is 90.2 cm³/mol. The van der Waals surface area contributed by atoms with Crippen LogP contribution in [-0.2, 0) is 10.0 Å². The fourth-order valence-electron chi connectivity index (χ4n) is 2.87. The van der Waals surface area contributed by atoms with Crippen molar-refractivity contribution in [2.75, 3.05) is 0 Å². The van der Waals surface area contributed by atoms with Crippen LogP contribution in [0.4, 0.5) is 0 Å². The summed E-state index contributed by atoms with van der Waals surface area (Å²) in [6.07, 6.45) is 0. The molecule has 0 aromatic heterocycles. The lowest BCUT2D eigenvalue weighted by Gasteiger charge is -2.35. The Kier molecular flexibility index (Phi) is 4.00. The van der Waals surface area contributed by atoms with Crippen molar-refractivity contribution in [2.24, 2.45) is 0 Å². The third-order valence-corrected chi connectivity index (χ3v) is 4.46. The van der Waals surface area contributed by atoms with Crippen LogP contribution in [0.1, 0.15) is 16.7 Å². The van der Waals surface area contributed by atoms with Crippen LogP contribution >= 0.6 is 0 Å². The molecule has 2 heteroatoms. The molecule has 0 saturated heterocycles. The first-order chi connectivity index (χ1) is 10.4. The molecule has 0 bridgehead atoms. The van der Waals surface area contributed by atoms with Crippen molar-refractivity contribution in [3.05, 3.63) is 108 Å². The highest BCUT2D eigenvalue weighted by Crippen LogP contribution is 2.39. The van der Waals surface area contributed by atoms with Gasteiger partial charge >= 0.3 is 0 Å². The quantitative estimate of drug-likeness (QED) is 0.529. The van der Waals surface area contributed by atoms with Crippen LogP contribution in [0.25, 0.3) is 0 Å². The normalized spacial score (nSPS) is 11.4. The standard InChI is InChI=1S/C19H18OSi/c21-20-19(16-10-4-1-5-11-16,17-12-6-2-7-13-17)18-14-8-3-9-15-18/h1-15H,21H3. The molecule has 0 saturated carbocycles. The summed E-state index contributed by atoms with van der Waals surface area (Å²) in [4.78, 5) is 0. The van der Waals surface area contributed by atoms with Gasteiger partial charge in [0.2, 0.25) is 0 Å². The van der Waals surface area contributed by atoms with E-state index in [4.69, 9.17) is 4.43 Å². The van der Waals surface area contributed by atoms with E-state index < -0.39 is 5.60 Å². The molecule has 21 heavy (non-hydrogen) atoms. The Morgan fingerprint density at radius 1 is 0.524 bits per heavy atom. The lowest BCUT2D eigenvalue weighted by molar-refractivity contribution is 0.173. The first kappa shape index (κ1) is 13.8. The molecule has 3 aromatic rings. The highest BCUT2D eigenvalue weighted by molar-refractivity contribution is 5.99. The summed E-state index contributed by atoms with van der Waals surface area (Å²) in [5.74, 6) is 0. The summed E-state index contributed by atoms with van der Waals surface area (Å²) in [7, 11) is 0.651. The Balaban J connectivity index is 2.29. The van der Waals surface area contributed by atoms with Crippen LogP contribution in [-0.4, -0.2) is 10.5 Å². The molecular formula is C19H18OSi. The van der Waals surface area contributed by atoms with Gasteiger partial charge in [0.25, 0.3) is 0 Å². The second kappa shape index (κ2) is 6.08. The minimum atomic E-state index is -0.518. The van der Waals surface area contributed by atoms with Crippen LogP contribution < -0.4 is 0 Å². The first-order valence-electron chi connectivity index (χ1n) is 7.09. The van der Waals surface area contributed by atoms with Gasteiger partial charge in [-0.1, -0.05) is 91.0 Å². The van der Waals surface area contributed by atoms with Crippen molar-refractivity contribution in [1.29, 1.82) is 0 Å². The maximum Gasteiger partial charge on any atom is 0.148 e. The number of rotatable bonds is 4. The summed E-state index contributed by atoms with van der Waals surface area (Å²) in [6, 6.07) is 31.3. The van der Waals surface area contributed by atoms with Gasteiger partial charge in [-0.3, -0.25) is 0 Å². The second-order valence-corrected chi connectivity index (χ2v) is 5.39.